The molecule has 2 nitrogen and oxygen atoms in total. The predicted octanol–water partition coefficient (Wildman–Crippen LogP) is 4.60. The van der Waals surface area contributed by atoms with Gasteiger partial charge in [0, 0.05) is 9.79 Å². The average molecular weight is 257 g/mol. The minimum atomic E-state index is 0.701. The number of para-hydroxylation sites is 1. The molecule has 18 heavy (non-hydrogen) atoms. The van der Waals surface area contributed by atoms with Crippen LogP contribution in [0.25, 0.3) is 0 Å². The van der Waals surface area contributed by atoms with Crippen LogP contribution in [-0.4, -0.2) is 6.61 Å². The van der Waals surface area contributed by atoms with Crippen molar-refractivity contribution in [2.24, 2.45) is 0 Å². The third-order valence-corrected chi connectivity index (χ3v) is 4.07. The fraction of sp³-hybridized carbons (Fsp3) is 0.200. The smallest absolute Gasteiger partial charge is 0.120 e. The number of hydrogen-bond acceptors (Lipinski definition) is 3. The van der Waals surface area contributed by atoms with Gasteiger partial charge in [-0.1, -0.05) is 23.9 Å². The summed E-state index contributed by atoms with van der Waals surface area (Å²) in [7, 11) is 0. The third-order valence-electron chi connectivity index (χ3n) is 2.95. The van der Waals surface area contributed by atoms with Crippen molar-refractivity contribution in [3.8, 4) is 5.75 Å². The van der Waals surface area contributed by atoms with Gasteiger partial charge in [0.25, 0.3) is 0 Å². The first-order valence-corrected chi connectivity index (χ1v) is 6.91. The molecule has 1 aliphatic heterocycles. The number of benzene rings is 2. The molecule has 0 aromatic heterocycles. The lowest BCUT2D eigenvalue weighted by Gasteiger charge is -2.23. The second kappa shape index (κ2) is 4.58. The maximum Gasteiger partial charge on any atom is 0.120 e. The van der Waals surface area contributed by atoms with Crippen molar-refractivity contribution in [1.82, 2.24) is 0 Å². The summed E-state index contributed by atoms with van der Waals surface area (Å²) in [5.41, 5.74) is 3.60. The third kappa shape index (κ3) is 1.95. The van der Waals surface area contributed by atoms with Crippen LogP contribution in [0.5, 0.6) is 5.75 Å². The second-order valence-electron chi connectivity index (χ2n) is 4.27. The molecule has 0 atom stereocenters. The van der Waals surface area contributed by atoms with E-state index in [1.807, 2.05) is 6.92 Å². The van der Waals surface area contributed by atoms with Crippen LogP contribution in [0.2, 0.25) is 0 Å². The van der Waals surface area contributed by atoms with Crippen molar-refractivity contribution in [1.29, 1.82) is 0 Å². The molecule has 1 heterocycles. The summed E-state index contributed by atoms with van der Waals surface area (Å²) in [4.78, 5) is 2.50. The van der Waals surface area contributed by atoms with Gasteiger partial charge in [-0.25, -0.2) is 0 Å². The van der Waals surface area contributed by atoms with Gasteiger partial charge in [0.15, 0.2) is 0 Å². The van der Waals surface area contributed by atoms with Crippen LogP contribution >= 0.6 is 11.8 Å². The number of ether oxygens (including phenoxy) is 1. The molecule has 0 amide bonds. The zero-order valence-corrected chi connectivity index (χ0v) is 11.3. The molecule has 2 aromatic carbocycles. The molecule has 3 rings (SSSR count). The van der Waals surface area contributed by atoms with Gasteiger partial charge in [0.2, 0.25) is 0 Å². The zero-order chi connectivity index (χ0) is 12.5. The maximum absolute atomic E-state index is 5.60. The lowest BCUT2D eigenvalue weighted by Crippen LogP contribution is -2.02. The van der Waals surface area contributed by atoms with Crippen molar-refractivity contribution in [3.05, 3.63) is 42.0 Å². The Hall–Kier alpha value is -1.61. The Balaban J connectivity index is 2.04. The number of anilines is 2. The van der Waals surface area contributed by atoms with Gasteiger partial charge < -0.3 is 10.1 Å². The Bertz CT molecular complexity index is 595. The summed E-state index contributed by atoms with van der Waals surface area (Å²) in [6.07, 6.45) is 0. The van der Waals surface area contributed by atoms with Gasteiger partial charge >= 0.3 is 0 Å². The summed E-state index contributed by atoms with van der Waals surface area (Å²) >= 11 is 1.79. The van der Waals surface area contributed by atoms with Crippen molar-refractivity contribution >= 4 is 23.1 Å². The van der Waals surface area contributed by atoms with E-state index in [1.54, 1.807) is 11.8 Å². The molecular formula is C15H15NOS. The molecule has 3 heteroatoms. The van der Waals surface area contributed by atoms with E-state index in [0.29, 0.717) is 6.61 Å². The fourth-order valence-corrected chi connectivity index (χ4v) is 3.23. The minimum Gasteiger partial charge on any atom is -0.494 e. The van der Waals surface area contributed by atoms with Crippen molar-refractivity contribution in [2.75, 3.05) is 11.9 Å². The molecule has 92 valence electrons. The molecular weight excluding hydrogens is 242 g/mol. The molecule has 1 aliphatic rings. The van der Waals surface area contributed by atoms with E-state index in [2.05, 4.69) is 48.6 Å². The molecule has 0 radical (unpaired) electrons. The Morgan fingerprint density at radius 2 is 2.00 bits per heavy atom. The largest absolute Gasteiger partial charge is 0.494 e. The van der Waals surface area contributed by atoms with E-state index in [0.717, 1.165) is 5.75 Å². The summed E-state index contributed by atoms with van der Waals surface area (Å²) in [5.74, 6) is 0.947. The summed E-state index contributed by atoms with van der Waals surface area (Å²) in [6.45, 7) is 4.82. The first-order chi connectivity index (χ1) is 8.78. The highest BCUT2D eigenvalue weighted by atomic mass is 32.2. The highest BCUT2D eigenvalue weighted by Crippen LogP contribution is 2.46. The van der Waals surface area contributed by atoms with Gasteiger partial charge in [-0.05, 0) is 43.7 Å². The fourth-order valence-electron chi connectivity index (χ4n) is 2.13. The topological polar surface area (TPSA) is 21.3 Å². The Morgan fingerprint density at radius 3 is 2.83 bits per heavy atom. The van der Waals surface area contributed by atoms with E-state index < -0.39 is 0 Å². The van der Waals surface area contributed by atoms with Crippen molar-refractivity contribution in [2.45, 2.75) is 23.6 Å². The molecule has 0 aliphatic carbocycles. The van der Waals surface area contributed by atoms with Gasteiger partial charge in [-0.2, -0.15) is 0 Å². The van der Waals surface area contributed by atoms with Crippen LogP contribution in [0.4, 0.5) is 11.4 Å². The Kier molecular flexibility index (Phi) is 2.92. The van der Waals surface area contributed by atoms with Gasteiger partial charge in [0.1, 0.15) is 5.75 Å². The second-order valence-corrected chi connectivity index (χ2v) is 5.35. The summed E-state index contributed by atoms with van der Waals surface area (Å²) in [5, 5.41) is 3.50. The van der Waals surface area contributed by atoms with Crippen LogP contribution in [0.15, 0.2) is 46.2 Å². The van der Waals surface area contributed by atoms with Crippen LogP contribution in [-0.2, 0) is 0 Å². The van der Waals surface area contributed by atoms with E-state index in [1.165, 1.54) is 26.7 Å². The van der Waals surface area contributed by atoms with E-state index in [9.17, 15) is 0 Å². The number of hydrogen-bond donors (Lipinski definition) is 1. The lowest BCUT2D eigenvalue weighted by atomic mass is 10.1. The molecule has 0 bridgehead atoms. The average Bonchev–Trinajstić information content (AvgIpc) is 2.37. The number of fused-ring (bicyclic) bond motifs is 2. The van der Waals surface area contributed by atoms with Crippen LogP contribution in [0, 0.1) is 6.92 Å². The highest BCUT2D eigenvalue weighted by Gasteiger charge is 2.17. The normalized spacial score (nSPS) is 12.3. The number of rotatable bonds is 2. The molecule has 0 unspecified atom stereocenters. The van der Waals surface area contributed by atoms with Gasteiger partial charge in [0.05, 0.1) is 18.0 Å². The van der Waals surface area contributed by atoms with Crippen molar-refractivity contribution < 1.29 is 4.74 Å². The van der Waals surface area contributed by atoms with Crippen molar-refractivity contribution in [3.63, 3.8) is 0 Å². The predicted molar refractivity (Wildman–Crippen MR) is 76.2 cm³/mol. The molecule has 0 spiro atoms. The van der Waals surface area contributed by atoms with Gasteiger partial charge in [-0.3, -0.25) is 0 Å². The van der Waals surface area contributed by atoms with Gasteiger partial charge in [-0.15, -0.1) is 0 Å². The molecule has 2 aromatic rings. The summed E-state index contributed by atoms with van der Waals surface area (Å²) in [6, 6.07) is 12.6. The Labute approximate surface area is 111 Å². The number of aryl methyl sites for hydroxylation is 1. The highest BCUT2D eigenvalue weighted by molar-refractivity contribution is 7.99. The van der Waals surface area contributed by atoms with Crippen LogP contribution < -0.4 is 10.1 Å². The molecule has 0 saturated carbocycles. The summed E-state index contributed by atoms with van der Waals surface area (Å²) < 4.78 is 5.60. The quantitative estimate of drug-likeness (QED) is 0.725. The van der Waals surface area contributed by atoms with E-state index in [4.69, 9.17) is 4.74 Å². The maximum atomic E-state index is 5.60. The van der Waals surface area contributed by atoms with E-state index >= 15 is 0 Å². The number of nitrogens with one attached hydrogen (secondary N) is 1. The first kappa shape index (κ1) is 11.5. The Morgan fingerprint density at radius 1 is 1.17 bits per heavy atom. The first-order valence-electron chi connectivity index (χ1n) is 6.09. The lowest BCUT2D eigenvalue weighted by molar-refractivity contribution is 0.339. The standard InChI is InChI=1S/C15H15NOS/c1-3-17-11-8-10(2)15-14(9-11)18-13-7-5-4-6-12(13)16-15/h4-9,16H,3H2,1-2H3. The molecule has 1 N–H and O–H groups in total. The minimum absolute atomic E-state index is 0.701. The zero-order valence-electron chi connectivity index (χ0n) is 10.5. The van der Waals surface area contributed by atoms with Crippen LogP contribution in [0.3, 0.4) is 0 Å². The molecule has 0 fully saturated rings. The molecule has 0 saturated heterocycles. The van der Waals surface area contributed by atoms with E-state index in [-0.39, 0.29) is 0 Å². The SMILES string of the molecule is CCOc1cc(C)c2c(c1)Sc1ccccc1N2. The van der Waals surface area contributed by atoms with Crippen LogP contribution in [0.1, 0.15) is 12.5 Å². The monoisotopic (exact) mass is 257 g/mol.